The maximum atomic E-state index is 13.6. The Kier molecular flexibility index (Phi) is 4.47. The van der Waals surface area contributed by atoms with Crippen molar-refractivity contribution < 1.29 is 18.3 Å². The number of nitrogens with one attached hydrogen (secondary N) is 1. The van der Waals surface area contributed by atoms with Gasteiger partial charge < -0.3 is 15.8 Å². The molecule has 1 aromatic rings. The summed E-state index contributed by atoms with van der Waals surface area (Å²) < 4.78 is 31.7. The smallest absolute Gasteiger partial charge is 0.328 e. The zero-order chi connectivity index (χ0) is 13.9. The Bertz CT molecular complexity index is 427. The summed E-state index contributed by atoms with van der Waals surface area (Å²) in [5.74, 6) is -2.46. The highest BCUT2D eigenvalue weighted by atomic mass is 19.1. The summed E-state index contributed by atoms with van der Waals surface area (Å²) in [4.78, 5) is 11.5. The van der Waals surface area contributed by atoms with Gasteiger partial charge in [0, 0.05) is 5.69 Å². The molecule has 0 bridgehead atoms. The number of esters is 1. The Balaban J connectivity index is 3.05. The second kappa shape index (κ2) is 5.66. The van der Waals surface area contributed by atoms with Gasteiger partial charge in [0.25, 0.3) is 0 Å². The van der Waals surface area contributed by atoms with Crippen LogP contribution in [0.5, 0.6) is 0 Å². The van der Waals surface area contributed by atoms with Crippen LogP contribution in [0.3, 0.4) is 0 Å². The standard InChI is InChI=1S/C12H16F2N2O2/c1-6(2)10(12(17)18-3)16-11-8(13)4-7(15)5-9(11)14/h4-6,10,16H,15H2,1-3H3. The third-order valence-electron chi connectivity index (χ3n) is 2.49. The number of carbonyl (C=O) groups excluding carboxylic acids is 1. The number of rotatable bonds is 4. The molecule has 0 amide bonds. The number of hydrogen-bond donors (Lipinski definition) is 2. The average Bonchev–Trinajstić information content (AvgIpc) is 2.26. The quantitative estimate of drug-likeness (QED) is 0.641. The molecule has 0 spiro atoms. The third-order valence-corrected chi connectivity index (χ3v) is 2.49. The fraction of sp³-hybridized carbons (Fsp3) is 0.417. The lowest BCUT2D eigenvalue weighted by molar-refractivity contribution is -0.142. The van der Waals surface area contributed by atoms with Crippen molar-refractivity contribution in [1.82, 2.24) is 0 Å². The van der Waals surface area contributed by atoms with Crippen molar-refractivity contribution in [3.63, 3.8) is 0 Å². The van der Waals surface area contributed by atoms with Gasteiger partial charge in [-0.15, -0.1) is 0 Å². The average molecular weight is 258 g/mol. The molecule has 18 heavy (non-hydrogen) atoms. The van der Waals surface area contributed by atoms with E-state index in [2.05, 4.69) is 10.1 Å². The Morgan fingerprint density at radius 1 is 1.33 bits per heavy atom. The SMILES string of the molecule is COC(=O)C(Nc1c(F)cc(N)cc1F)C(C)C. The summed E-state index contributed by atoms with van der Waals surface area (Å²) in [6, 6.07) is 1.14. The molecule has 0 aliphatic rings. The Labute approximate surface area is 104 Å². The van der Waals surface area contributed by atoms with Gasteiger partial charge in [0.15, 0.2) is 11.6 Å². The lowest BCUT2D eigenvalue weighted by atomic mass is 10.0. The minimum absolute atomic E-state index is 0.0188. The normalized spacial score (nSPS) is 12.3. The minimum atomic E-state index is -0.845. The van der Waals surface area contributed by atoms with Crippen molar-refractivity contribution in [3.05, 3.63) is 23.8 Å². The van der Waals surface area contributed by atoms with Gasteiger partial charge in [-0.25, -0.2) is 13.6 Å². The highest BCUT2D eigenvalue weighted by Crippen LogP contribution is 2.24. The van der Waals surface area contributed by atoms with Crippen LogP contribution in [-0.2, 0) is 9.53 Å². The van der Waals surface area contributed by atoms with E-state index in [1.807, 2.05) is 0 Å². The molecule has 1 atom stereocenters. The van der Waals surface area contributed by atoms with E-state index in [1.54, 1.807) is 13.8 Å². The van der Waals surface area contributed by atoms with Gasteiger partial charge in [0.2, 0.25) is 0 Å². The van der Waals surface area contributed by atoms with E-state index in [1.165, 1.54) is 7.11 Å². The molecule has 1 rings (SSSR count). The monoisotopic (exact) mass is 258 g/mol. The van der Waals surface area contributed by atoms with Crippen LogP contribution in [0.15, 0.2) is 12.1 Å². The minimum Gasteiger partial charge on any atom is -0.467 e. The van der Waals surface area contributed by atoms with Crippen molar-refractivity contribution in [2.45, 2.75) is 19.9 Å². The van der Waals surface area contributed by atoms with Crippen molar-refractivity contribution in [3.8, 4) is 0 Å². The molecular formula is C12H16F2N2O2. The summed E-state index contributed by atoms with van der Waals surface area (Å²) >= 11 is 0. The molecule has 4 nitrogen and oxygen atoms in total. The Hall–Kier alpha value is -1.85. The number of halogens is 2. The van der Waals surface area contributed by atoms with Gasteiger partial charge in [-0.05, 0) is 18.1 Å². The number of benzene rings is 1. The summed E-state index contributed by atoms with van der Waals surface area (Å²) in [5.41, 5.74) is 4.91. The maximum absolute atomic E-state index is 13.6. The molecule has 0 heterocycles. The van der Waals surface area contributed by atoms with Gasteiger partial charge in [0.1, 0.15) is 11.7 Å². The fourth-order valence-corrected chi connectivity index (χ4v) is 1.51. The Morgan fingerprint density at radius 3 is 2.22 bits per heavy atom. The van der Waals surface area contributed by atoms with Crippen molar-refractivity contribution in [1.29, 1.82) is 0 Å². The fourth-order valence-electron chi connectivity index (χ4n) is 1.51. The zero-order valence-electron chi connectivity index (χ0n) is 10.5. The van der Waals surface area contributed by atoms with E-state index in [9.17, 15) is 13.6 Å². The van der Waals surface area contributed by atoms with E-state index in [-0.39, 0.29) is 17.3 Å². The molecule has 100 valence electrons. The maximum Gasteiger partial charge on any atom is 0.328 e. The van der Waals surface area contributed by atoms with E-state index >= 15 is 0 Å². The lowest BCUT2D eigenvalue weighted by Crippen LogP contribution is -2.36. The van der Waals surface area contributed by atoms with Crippen LogP contribution in [0, 0.1) is 17.6 Å². The summed E-state index contributed by atoms with van der Waals surface area (Å²) in [6.07, 6.45) is 0. The number of ether oxygens (including phenoxy) is 1. The lowest BCUT2D eigenvalue weighted by Gasteiger charge is -2.21. The molecule has 1 unspecified atom stereocenters. The summed E-state index contributed by atoms with van der Waals surface area (Å²) in [7, 11) is 1.22. The van der Waals surface area contributed by atoms with Gasteiger partial charge in [-0.2, -0.15) is 0 Å². The summed E-state index contributed by atoms with van der Waals surface area (Å²) in [6.45, 7) is 3.48. The first-order valence-electron chi connectivity index (χ1n) is 5.45. The molecule has 0 aromatic heterocycles. The van der Waals surface area contributed by atoms with Crippen LogP contribution in [0.4, 0.5) is 20.2 Å². The number of methoxy groups -OCH3 is 1. The molecule has 0 saturated carbocycles. The first-order valence-corrected chi connectivity index (χ1v) is 5.45. The van der Waals surface area contributed by atoms with Crippen molar-refractivity contribution >= 4 is 17.3 Å². The van der Waals surface area contributed by atoms with E-state index in [0.717, 1.165) is 12.1 Å². The number of nitrogens with two attached hydrogens (primary N) is 1. The topological polar surface area (TPSA) is 64.3 Å². The molecule has 3 N–H and O–H groups in total. The zero-order valence-corrected chi connectivity index (χ0v) is 10.5. The first kappa shape index (κ1) is 14.2. The van der Waals surface area contributed by atoms with Crippen LogP contribution in [0.2, 0.25) is 0 Å². The van der Waals surface area contributed by atoms with E-state index in [0.29, 0.717) is 0 Å². The summed E-state index contributed by atoms with van der Waals surface area (Å²) in [5, 5.41) is 2.51. The first-order chi connectivity index (χ1) is 8.36. The second-order valence-electron chi connectivity index (χ2n) is 4.25. The van der Waals surface area contributed by atoms with Crippen LogP contribution < -0.4 is 11.1 Å². The van der Waals surface area contributed by atoms with Crippen LogP contribution in [-0.4, -0.2) is 19.1 Å². The van der Waals surface area contributed by atoms with Crippen LogP contribution in [0.1, 0.15) is 13.8 Å². The number of hydrogen-bond acceptors (Lipinski definition) is 4. The molecule has 0 saturated heterocycles. The van der Waals surface area contributed by atoms with Crippen molar-refractivity contribution in [2.24, 2.45) is 5.92 Å². The van der Waals surface area contributed by atoms with Crippen molar-refractivity contribution in [2.75, 3.05) is 18.2 Å². The highest BCUT2D eigenvalue weighted by Gasteiger charge is 2.25. The molecule has 0 fully saturated rings. The van der Waals surface area contributed by atoms with Crippen LogP contribution in [0.25, 0.3) is 0 Å². The number of carbonyl (C=O) groups is 1. The number of anilines is 2. The second-order valence-corrected chi connectivity index (χ2v) is 4.25. The molecule has 0 radical (unpaired) electrons. The highest BCUT2D eigenvalue weighted by molar-refractivity contribution is 5.79. The van der Waals surface area contributed by atoms with Gasteiger partial charge in [0.05, 0.1) is 7.11 Å². The molecule has 0 aliphatic heterocycles. The predicted octanol–water partition coefficient (Wildman–Crippen LogP) is 2.16. The third kappa shape index (κ3) is 3.09. The van der Waals surface area contributed by atoms with Crippen LogP contribution >= 0.6 is 0 Å². The Morgan fingerprint density at radius 2 is 1.83 bits per heavy atom. The number of nitrogen functional groups attached to an aromatic ring is 1. The molecule has 0 aliphatic carbocycles. The molecule has 1 aromatic carbocycles. The molecular weight excluding hydrogens is 242 g/mol. The largest absolute Gasteiger partial charge is 0.467 e. The van der Waals surface area contributed by atoms with Gasteiger partial charge in [-0.1, -0.05) is 13.8 Å². The van der Waals surface area contributed by atoms with Gasteiger partial charge in [-0.3, -0.25) is 0 Å². The predicted molar refractivity (Wildman–Crippen MR) is 65.0 cm³/mol. The van der Waals surface area contributed by atoms with Gasteiger partial charge >= 0.3 is 5.97 Å². The van der Waals surface area contributed by atoms with E-state index < -0.39 is 23.6 Å². The molecule has 6 heteroatoms. The van der Waals surface area contributed by atoms with E-state index in [4.69, 9.17) is 5.73 Å².